The number of nitrogens with zero attached hydrogens (tertiary/aromatic N) is 5. The van der Waals surface area contributed by atoms with Crippen LogP contribution in [0.2, 0.25) is 0 Å². The summed E-state index contributed by atoms with van der Waals surface area (Å²) in [4.78, 5) is 24.4. The summed E-state index contributed by atoms with van der Waals surface area (Å²) in [6.07, 6.45) is 2.06. The zero-order valence-electron chi connectivity index (χ0n) is 27.1. The number of aromatic nitrogens is 3. The molecular weight excluding hydrogens is 658 g/mol. The van der Waals surface area contributed by atoms with Crippen LogP contribution in [-0.2, 0) is 14.8 Å². The van der Waals surface area contributed by atoms with E-state index in [1.54, 1.807) is 43.5 Å². The molecule has 0 unspecified atom stereocenters. The molecule has 0 radical (unpaired) electrons. The summed E-state index contributed by atoms with van der Waals surface area (Å²) in [7, 11) is -3.21. The van der Waals surface area contributed by atoms with Gasteiger partial charge in [0.05, 0.1) is 26.0 Å². The number of benzene rings is 2. The first-order valence-corrected chi connectivity index (χ1v) is 16.8. The maximum Gasteiger partial charge on any atom is 0.413 e. The maximum absolute atomic E-state index is 14.5. The number of carbonyl (C=O) groups is 1. The number of carboxylic acid groups (broad SMARTS) is 1. The Hall–Kier alpha value is -5.28. The molecule has 12 nitrogen and oxygen atoms in total. The number of methoxy groups -OCH3 is 1. The molecule has 3 aromatic heterocycles. The molecule has 0 atom stereocenters. The lowest BCUT2D eigenvalue weighted by Crippen LogP contribution is -2.45. The Morgan fingerprint density at radius 1 is 1.02 bits per heavy atom. The van der Waals surface area contributed by atoms with Crippen LogP contribution in [0, 0.1) is 11.6 Å². The molecule has 2 aromatic carbocycles. The van der Waals surface area contributed by atoms with E-state index in [1.165, 1.54) is 24.3 Å². The fourth-order valence-electron chi connectivity index (χ4n) is 5.73. The van der Waals surface area contributed by atoms with Crippen molar-refractivity contribution in [2.75, 3.05) is 47.9 Å². The lowest BCUT2D eigenvalue weighted by Gasteiger charge is -2.32. The number of hydrogen-bond acceptors (Lipinski definition) is 8. The van der Waals surface area contributed by atoms with Gasteiger partial charge in [-0.1, -0.05) is 12.1 Å². The van der Waals surface area contributed by atoms with Crippen LogP contribution in [0.4, 0.5) is 30.8 Å². The van der Waals surface area contributed by atoms with Gasteiger partial charge < -0.3 is 19.5 Å². The zero-order valence-corrected chi connectivity index (χ0v) is 28.0. The molecular formula is C34H34F2N6O6S. The van der Waals surface area contributed by atoms with Crippen LogP contribution in [0.3, 0.4) is 0 Å². The standard InChI is InChI=1S/C34H34F2N6O6S/c1-34(2,3)42(33(43)44)31-30(21-6-5-7-25(16-21)40-12-14-48-15-13-40)41-20-22(8-11-29(41)38-31)23-17-27(32(47-4)37-19-23)39-49(45,46)28-10-9-24(35)18-26(28)36/h5-11,16-20,39H,12-15H2,1-4H3,(H,43,44). The predicted octanol–water partition coefficient (Wildman–Crippen LogP) is 6.27. The molecule has 1 aliphatic rings. The number of fused-ring (bicyclic) bond motifs is 1. The third kappa shape index (κ3) is 6.71. The highest BCUT2D eigenvalue weighted by Crippen LogP contribution is 2.38. The Morgan fingerprint density at radius 3 is 2.45 bits per heavy atom. The van der Waals surface area contributed by atoms with Crippen molar-refractivity contribution < 1.29 is 36.6 Å². The molecule has 49 heavy (non-hydrogen) atoms. The Labute approximate surface area is 281 Å². The molecule has 256 valence electrons. The highest BCUT2D eigenvalue weighted by atomic mass is 32.2. The van der Waals surface area contributed by atoms with Gasteiger partial charge in [-0.15, -0.1) is 0 Å². The molecule has 2 N–H and O–H groups in total. The van der Waals surface area contributed by atoms with E-state index in [0.29, 0.717) is 54.8 Å². The van der Waals surface area contributed by atoms with Gasteiger partial charge in [-0.3, -0.25) is 14.0 Å². The molecule has 15 heteroatoms. The lowest BCUT2D eigenvalue weighted by molar-refractivity contribution is 0.122. The zero-order chi connectivity index (χ0) is 35.1. The number of sulfonamides is 1. The number of imidazole rings is 1. The molecule has 1 fully saturated rings. The number of morpholine rings is 1. The first kappa shape index (κ1) is 33.6. The molecule has 1 amide bonds. The van der Waals surface area contributed by atoms with Crippen LogP contribution < -0.4 is 19.3 Å². The fraction of sp³-hybridized carbons (Fsp3) is 0.265. The monoisotopic (exact) mass is 692 g/mol. The summed E-state index contributed by atoms with van der Waals surface area (Å²) in [6.45, 7) is 7.97. The van der Waals surface area contributed by atoms with Gasteiger partial charge in [-0.05, 0) is 63.2 Å². The van der Waals surface area contributed by atoms with Gasteiger partial charge in [0.15, 0.2) is 5.82 Å². The molecule has 0 spiro atoms. The number of ether oxygens (including phenoxy) is 2. The van der Waals surface area contributed by atoms with Crippen LogP contribution in [0.5, 0.6) is 5.88 Å². The summed E-state index contributed by atoms with van der Waals surface area (Å²) >= 11 is 0. The summed E-state index contributed by atoms with van der Waals surface area (Å²) in [5.41, 5.74) is 2.76. The number of amides is 1. The number of nitrogens with one attached hydrogen (secondary N) is 1. The summed E-state index contributed by atoms with van der Waals surface area (Å²) in [5.74, 6) is -2.02. The van der Waals surface area contributed by atoms with E-state index < -0.39 is 38.2 Å². The predicted molar refractivity (Wildman–Crippen MR) is 181 cm³/mol. The number of rotatable bonds is 8. The summed E-state index contributed by atoms with van der Waals surface area (Å²) in [5, 5.41) is 10.4. The first-order valence-electron chi connectivity index (χ1n) is 15.3. The largest absolute Gasteiger partial charge is 0.480 e. The topological polar surface area (TPSA) is 139 Å². The van der Waals surface area contributed by atoms with Crippen molar-refractivity contribution in [1.29, 1.82) is 0 Å². The SMILES string of the molecule is COc1ncc(-c2ccc3nc(N(C(=O)O)C(C)(C)C)c(-c4cccc(N5CCOCC5)c4)n3c2)cc1NS(=O)(=O)c1ccc(F)cc1F. The van der Waals surface area contributed by atoms with Crippen molar-refractivity contribution in [3.8, 4) is 28.3 Å². The van der Waals surface area contributed by atoms with Crippen molar-refractivity contribution in [3.05, 3.63) is 84.7 Å². The van der Waals surface area contributed by atoms with Crippen molar-refractivity contribution >= 4 is 39.0 Å². The quantitative estimate of drug-likeness (QED) is 0.193. The van der Waals surface area contributed by atoms with E-state index in [0.717, 1.165) is 23.4 Å². The summed E-state index contributed by atoms with van der Waals surface area (Å²) in [6, 6.07) is 14.9. The highest BCUT2D eigenvalue weighted by Gasteiger charge is 2.33. The summed E-state index contributed by atoms with van der Waals surface area (Å²) < 4.78 is 69.1. The Bertz CT molecular complexity index is 2160. The maximum atomic E-state index is 14.5. The van der Waals surface area contributed by atoms with Gasteiger partial charge in [0.2, 0.25) is 5.88 Å². The number of anilines is 3. The third-order valence-electron chi connectivity index (χ3n) is 7.98. The number of halogens is 2. The third-order valence-corrected chi connectivity index (χ3v) is 9.37. The number of pyridine rings is 2. The van der Waals surface area contributed by atoms with E-state index in [-0.39, 0.29) is 17.4 Å². The van der Waals surface area contributed by atoms with E-state index >= 15 is 0 Å². The fourth-order valence-corrected chi connectivity index (χ4v) is 6.84. The van der Waals surface area contributed by atoms with Crippen LogP contribution >= 0.6 is 0 Å². The minimum absolute atomic E-state index is 0.0799. The molecule has 0 aliphatic carbocycles. The van der Waals surface area contributed by atoms with Crippen LogP contribution in [0.1, 0.15) is 20.8 Å². The Kier molecular flexibility index (Phi) is 8.90. The lowest BCUT2D eigenvalue weighted by atomic mass is 10.0. The highest BCUT2D eigenvalue weighted by molar-refractivity contribution is 7.92. The van der Waals surface area contributed by atoms with Gasteiger partial charge in [-0.2, -0.15) is 0 Å². The van der Waals surface area contributed by atoms with Gasteiger partial charge in [-0.25, -0.2) is 32.0 Å². The Morgan fingerprint density at radius 2 is 1.78 bits per heavy atom. The minimum Gasteiger partial charge on any atom is -0.480 e. The molecule has 1 aliphatic heterocycles. The molecule has 6 rings (SSSR count). The second-order valence-corrected chi connectivity index (χ2v) is 14.0. The van der Waals surface area contributed by atoms with Gasteiger partial charge >= 0.3 is 6.09 Å². The van der Waals surface area contributed by atoms with Crippen molar-refractivity contribution in [2.45, 2.75) is 31.2 Å². The molecule has 0 bridgehead atoms. The average Bonchev–Trinajstić information content (AvgIpc) is 3.41. The van der Waals surface area contributed by atoms with E-state index in [2.05, 4.69) is 14.6 Å². The average molecular weight is 693 g/mol. The van der Waals surface area contributed by atoms with Crippen LogP contribution in [0.15, 0.2) is 78.0 Å². The van der Waals surface area contributed by atoms with Crippen molar-refractivity contribution in [3.63, 3.8) is 0 Å². The van der Waals surface area contributed by atoms with Gasteiger partial charge in [0.1, 0.15) is 27.9 Å². The van der Waals surface area contributed by atoms with Gasteiger partial charge in [0, 0.05) is 59.5 Å². The molecule has 0 saturated carbocycles. The molecule has 1 saturated heterocycles. The second-order valence-electron chi connectivity index (χ2n) is 12.3. The molecule has 4 heterocycles. The van der Waals surface area contributed by atoms with Crippen LogP contribution in [-0.4, -0.2) is 72.9 Å². The van der Waals surface area contributed by atoms with Crippen molar-refractivity contribution in [1.82, 2.24) is 14.4 Å². The molecule has 5 aromatic rings. The van der Waals surface area contributed by atoms with Crippen molar-refractivity contribution in [2.24, 2.45) is 0 Å². The van der Waals surface area contributed by atoms with Gasteiger partial charge in [0.25, 0.3) is 10.0 Å². The smallest absolute Gasteiger partial charge is 0.413 e. The Balaban J connectivity index is 1.49. The van der Waals surface area contributed by atoms with Crippen LogP contribution in [0.25, 0.3) is 28.0 Å². The number of hydrogen-bond donors (Lipinski definition) is 2. The van der Waals surface area contributed by atoms with E-state index in [1.807, 2.05) is 24.3 Å². The van der Waals surface area contributed by atoms with E-state index in [4.69, 9.17) is 14.5 Å². The minimum atomic E-state index is -4.51. The first-order chi connectivity index (χ1) is 23.3. The normalized spacial score (nSPS) is 13.8. The second kappa shape index (κ2) is 13.0. The van der Waals surface area contributed by atoms with E-state index in [9.17, 15) is 27.1 Å².